The summed E-state index contributed by atoms with van der Waals surface area (Å²) >= 11 is 1.68. The Morgan fingerprint density at radius 3 is 2.57 bits per heavy atom. The zero-order valence-electron chi connectivity index (χ0n) is 16.1. The topological polar surface area (TPSA) is 83.9 Å². The molecule has 0 aliphatic carbocycles. The molecule has 3 heterocycles. The maximum Gasteiger partial charge on any atom is 0.163 e. The summed E-state index contributed by atoms with van der Waals surface area (Å²) in [6, 6.07) is 9.17. The molecule has 0 saturated carbocycles. The summed E-state index contributed by atoms with van der Waals surface area (Å²) in [5.74, 6) is 1.53. The van der Waals surface area contributed by atoms with E-state index in [0.717, 1.165) is 33.2 Å². The predicted molar refractivity (Wildman–Crippen MR) is 108 cm³/mol. The second-order valence-electron chi connectivity index (χ2n) is 6.99. The summed E-state index contributed by atoms with van der Waals surface area (Å²) in [5.41, 5.74) is 4.56. The van der Waals surface area contributed by atoms with Crippen molar-refractivity contribution in [3.63, 3.8) is 0 Å². The predicted octanol–water partition coefficient (Wildman–Crippen LogP) is 4.00. The SMILES string of the molecule is CC(=O)C[C@@H]1N=C(c2ccc(C#N)cc2)c2c(sc(C)c2C)-n2c(C)nnc21. The normalized spacial score (nSPS) is 15.2. The number of aromatic nitrogens is 3. The maximum absolute atomic E-state index is 11.9. The van der Waals surface area contributed by atoms with Crippen LogP contribution in [0.25, 0.3) is 5.00 Å². The monoisotopic (exact) mass is 389 g/mol. The maximum atomic E-state index is 11.9. The van der Waals surface area contributed by atoms with Crippen LogP contribution in [-0.4, -0.2) is 26.3 Å². The zero-order valence-corrected chi connectivity index (χ0v) is 17.0. The standard InChI is InChI=1S/C21H19N5OS/c1-11(27)9-17-20-25-24-14(4)26(20)21-18(12(2)13(3)28-21)19(23-17)16-7-5-15(10-22)6-8-16/h5-8,17H,9H2,1-4H3/t17-/m0/s1. The molecule has 140 valence electrons. The fraction of sp³-hybridized carbons (Fsp3) is 0.286. The molecular formula is C21H19N5OS. The second kappa shape index (κ2) is 6.80. The number of hydrogen-bond donors (Lipinski definition) is 0. The molecule has 3 aromatic rings. The largest absolute Gasteiger partial charge is 0.300 e. The van der Waals surface area contributed by atoms with E-state index in [-0.39, 0.29) is 12.2 Å². The van der Waals surface area contributed by atoms with Gasteiger partial charge < -0.3 is 0 Å². The van der Waals surface area contributed by atoms with Crippen molar-refractivity contribution in [2.75, 3.05) is 0 Å². The Bertz CT molecular complexity index is 1160. The first-order valence-electron chi connectivity index (χ1n) is 9.01. The number of thiophene rings is 1. The first kappa shape index (κ1) is 18.3. The summed E-state index contributed by atoms with van der Waals surface area (Å²) in [6.07, 6.45) is 0.269. The summed E-state index contributed by atoms with van der Waals surface area (Å²) in [6.45, 7) is 7.68. The second-order valence-corrected chi connectivity index (χ2v) is 8.20. The molecule has 0 radical (unpaired) electrons. The number of carbonyl (C=O) groups excluding carboxylic acids is 1. The molecule has 0 N–H and O–H groups in total. The van der Waals surface area contributed by atoms with Crippen LogP contribution in [0, 0.1) is 32.1 Å². The molecule has 0 amide bonds. The Labute approximate surface area is 167 Å². The van der Waals surface area contributed by atoms with Gasteiger partial charge in [0, 0.05) is 22.4 Å². The average Bonchev–Trinajstić information content (AvgIpc) is 3.14. The van der Waals surface area contributed by atoms with Crippen LogP contribution in [0.4, 0.5) is 0 Å². The van der Waals surface area contributed by atoms with Gasteiger partial charge in [0.15, 0.2) is 5.82 Å². The number of aliphatic imine (C=N–C) groups is 1. The molecule has 0 bridgehead atoms. The van der Waals surface area contributed by atoms with Crippen molar-refractivity contribution in [1.29, 1.82) is 5.26 Å². The number of aryl methyl sites for hydroxylation is 2. The van der Waals surface area contributed by atoms with E-state index in [4.69, 9.17) is 10.3 Å². The molecule has 0 spiro atoms. The van der Waals surface area contributed by atoms with Gasteiger partial charge in [0.1, 0.15) is 22.7 Å². The minimum atomic E-state index is -0.399. The van der Waals surface area contributed by atoms with Crippen molar-refractivity contribution in [1.82, 2.24) is 14.8 Å². The number of ketones is 1. The highest BCUT2D eigenvalue weighted by molar-refractivity contribution is 7.15. The van der Waals surface area contributed by atoms with Gasteiger partial charge in [0.25, 0.3) is 0 Å². The van der Waals surface area contributed by atoms with E-state index in [1.54, 1.807) is 30.4 Å². The number of benzene rings is 1. The Morgan fingerprint density at radius 2 is 1.93 bits per heavy atom. The lowest BCUT2D eigenvalue weighted by atomic mass is 9.98. The molecule has 28 heavy (non-hydrogen) atoms. The number of nitriles is 1. The Kier molecular flexibility index (Phi) is 4.44. The van der Waals surface area contributed by atoms with Crippen LogP contribution in [-0.2, 0) is 4.79 Å². The van der Waals surface area contributed by atoms with Crippen LogP contribution in [0.1, 0.15) is 58.2 Å². The zero-order chi connectivity index (χ0) is 20.0. The van der Waals surface area contributed by atoms with E-state index >= 15 is 0 Å². The van der Waals surface area contributed by atoms with Crippen LogP contribution < -0.4 is 0 Å². The number of rotatable bonds is 3. The number of fused-ring (bicyclic) bond motifs is 3. The molecule has 1 aliphatic rings. The van der Waals surface area contributed by atoms with Crippen molar-refractivity contribution in [3.05, 3.63) is 63.0 Å². The molecule has 2 aromatic heterocycles. The average molecular weight is 389 g/mol. The van der Waals surface area contributed by atoms with Crippen molar-refractivity contribution in [2.45, 2.75) is 40.2 Å². The summed E-state index contributed by atoms with van der Waals surface area (Å²) in [7, 11) is 0. The number of carbonyl (C=O) groups is 1. The molecule has 1 aromatic carbocycles. The summed E-state index contributed by atoms with van der Waals surface area (Å²) in [5, 5.41) is 18.8. The smallest absolute Gasteiger partial charge is 0.163 e. The third-order valence-corrected chi connectivity index (χ3v) is 6.20. The van der Waals surface area contributed by atoms with Crippen LogP contribution in [0.3, 0.4) is 0 Å². The van der Waals surface area contributed by atoms with Gasteiger partial charge in [-0.05, 0) is 45.4 Å². The van der Waals surface area contributed by atoms with Gasteiger partial charge in [-0.25, -0.2) is 0 Å². The number of nitrogens with zero attached hydrogens (tertiary/aromatic N) is 5. The molecule has 4 rings (SSSR count). The van der Waals surface area contributed by atoms with Crippen molar-refractivity contribution in [3.8, 4) is 11.1 Å². The highest BCUT2D eigenvalue weighted by atomic mass is 32.1. The van der Waals surface area contributed by atoms with E-state index < -0.39 is 6.04 Å². The highest BCUT2D eigenvalue weighted by Gasteiger charge is 2.31. The Hall–Kier alpha value is -3.11. The lowest BCUT2D eigenvalue weighted by Gasteiger charge is -2.11. The van der Waals surface area contributed by atoms with Crippen LogP contribution >= 0.6 is 11.3 Å². The first-order chi connectivity index (χ1) is 13.4. The summed E-state index contributed by atoms with van der Waals surface area (Å²) in [4.78, 5) is 18.2. The molecule has 0 fully saturated rings. The minimum Gasteiger partial charge on any atom is -0.300 e. The van der Waals surface area contributed by atoms with Crippen LogP contribution in [0.2, 0.25) is 0 Å². The Balaban J connectivity index is 2.02. The number of hydrogen-bond acceptors (Lipinski definition) is 6. The van der Waals surface area contributed by atoms with Crippen molar-refractivity contribution in [2.24, 2.45) is 4.99 Å². The van der Waals surface area contributed by atoms with Crippen LogP contribution in [0.5, 0.6) is 0 Å². The quantitative estimate of drug-likeness (QED) is 0.678. The van der Waals surface area contributed by atoms with Gasteiger partial charge in [-0.2, -0.15) is 5.26 Å². The first-order valence-corrected chi connectivity index (χ1v) is 9.82. The van der Waals surface area contributed by atoms with E-state index in [2.05, 4.69) is 30.1 Å². The molecule has 1 aliphatic heterocycles. The van der Waals surface area contributed by atoms with Crippen LogP contribution in [0.15, 0.2) is 29.3 Å². The molecule has 7 heteroatoms. The van der Waals surface area contributed by atoms with Gasteiger partial charge in [-0.1, -0.05) is 12.1 Å². The van der Waals surface area contributed by atoms with E-state index in [0.29, 0.717) is 11.4 Å². The van der Waals surface area contributed by atoms with Gasteiger partial charge >= 0.3 is 0 Å². The molecule has 0 saturated heterocycles. The fourth-order valence-electron chi connectivity index (χ4n) is 3.50. The lowest BCUT2D eigenvalue weighted by Crippen LogP contribution is -2.09. The van der Waals surface area contributed by atoms with Gasteiger partial charge in [0.05, 0.1) is 17.3 Å². The number of Topliss-reactive ketones (excluding diaryl/α,β-unsaturated/α-hetero) is 1. The fourth-order valence-corrected chi connectivity index (χ4v) is 4.71. The van der Waals surface area contributed by atoms with E-state index in [1.165, 1.54) is 4.88 Å². The van der Waals surface area contributed by atoms with Gasteiger partial charge in [0.2, 0.25) is 0 Å². The van der Waals surface area contributed by atoms with E-state index in [1.807, 2.05) is 23.6 Å². The third-order valence-electron chi connectivity index (χ3n) is 5.01. The molecule has 6 nitrogen and oxygen atoms in total. The molecule has 0 unspecified atom stereocenters. The molecular weight excluding hydrogens is 370 g/mol. The third kappa shape index (κ3) is 2.86. The van der Waals surface area contributed by atoms with Gasteiger partial charge in [-0.3, -0.25) is 14.4 Å². The van der Waals surface area contributed by atoms with Crippen molar-refractivity contribution < 1.29 is 4.79 Å². The highest BCUT2D eigenvalue weighted by Crippen LogP contribution is 2.39. The van der Waals surface area contributed by atoms with Crippen molar-refractivity contribution >= 4 is 22.8 Å². The summed E-state index contributed by atoms with van der Waals surface area (Å²) < 4.78 is 2.04. The molecule has 1 atom stereocenters. The Morgan fingerprint density at radius 1 is 1.21 bits per heavy atom. The lowest BCUT2D eigenvalue weighted by molar-refractivity contribution is -0.117. The van der Waals surface area contributed by atoms with E-state index in [9.17, 15) is 4.79 Å². The minimum absolute atomic E-state index is 0.0540. The van der Waals surface area contributed by atoms with Gasteiger partial charge in [-0.15, -0.1) is 21.5 Å².